The highest BCUT2D eigenvalue weighted by Crippen LogP contribution is 2.43. The van der Waals surface area contributed by atoms with Crippen LogP contribution in [0.5, 0.6) is 0 Å². The molecular formula is C34H67NO8P+. The van der Waals surface area contributed by atoms with E-state index < -0.39 is 26.5 Å². The van der Waals surface area contributed by atoms with Crippen LogP contribution in [0.15, 0.2) is 12.2 Å². The van der Waals surface area contributed by atoms with Crippen molar-refractivity contribution in [2.75, 3.05) is 47.5 Å². The number of ether oxygens (including phenoxy) is 2. The van der Waals surface area contributed by atoms with E-state index >= 15 is 0 Å². The van der Waals surface area contributed by atoms with Crippen LogP contribution in [-0.2, 0) is 32.7 Å². The molecule has 2 atom stereocenters. The Morgan fingerprint density at radius 3 is 1.70 bits per heavy atom. The standard InChI is InChI=1S/C34H66NO8P/c1-6-8-10-12-13-14-15-16-17-18-19-20-21-22-23-25-27-34(37)43-32(30-40-33(36)26-24-11-9-7-2)31-42-44(38,39)41-29-28-35(3,4)5/h17-18,32H,6-16,19-31H2,1-5H3/p+1/b18-17-. The molecule has 0 saturated heterocycles. The first kappa shape index (κ1) is 42.8. The lowest BCUT2D eigenvalue weighted by Crippen LogP contribution is -2.37. The van der Waals surface area contributed by atoms with E-state index in [9.17, 15) is 19.0 Å². The third-order valence-electron chi connectivity index (χ3n) is 7.30. The first-order valence-corrected chi connectivity index (χ1v) is 18.9. The van der Waals surface area contributed by atoms with E-state index in [0.717, 1.165) is 57.8 Å². The van der Waals surface area contributed by atoms with Crippen LogP contribution in [0.4, 0.5) is 0 Å². The second-order valence-electron chi connectivity index (χ2n) is 12.9. The molecule has 0 saturated carbocycles. The first-order valence-electron chi connectivity index (χ1n) is 17.4. The molecule has 2 unspecified atom stereocenters. The Kier molecular flexibility index (Phi) is 27.2. The zero-order valence-electron chi connectivity index (χ0n) is 28.9. The SMILES string of the molecule is CCCCCCCCC/C=C\CCCCCCCC(=O)OC(COC(=O)CCCCCC)COP(=O)(O)OCC[N+](C)(C)C. The van der Waals surface area contributed by atoms with Crippen molar-refractivity contribution in [1.29, 1.82) is 0 Å². The number of esters is 2. The van der Waals surface area contributed by atoms with Gasteiger partial charge in [0.25, 0.3) is 0 Å². The molecule has 44 heavy (non-hydrogen) atoms. The van der Waals surface area contributed by atoms with Crippen LogP contribution in [0, 0.1) is 0 Å². The summed E-state index contributed by atoms with van der Waals surface area (Å²) in [4.78, 5) is 34.7. The molecule has 0 aromatic heterocycles. The van der Waals surface area contributed by atoms with Gasteiger partial charge in [-0.25, -0.2) is 4.57 Å². The third kappa shape index (κ3) is 30.8. The van der Waals surface area contributed by atoms with Crippen molar-refractivity contribution in [2.45, 2.75) is 148 Å². The van der Waals surface area contributed by atoms with Crippen LogP contribution in [0.2, 0.25) is 0 Å². The smallest absolute Gasteiger partial charge is 0.462 e. The predicted octanol–water partition coefficient (Wildman–Crippen LogP) is 8.68. The van der Waals surface area contributed by atoms with Gasteiger partial charge < -0.3 is 18.9 Å². The van der Waals surface area contributed by atoms with Gasteiger partial charge in [0, 0.05) is 12.8 Å². The van der Waals surface area contributed by atoms with Crippen molar-refractivity contribution in [3.63, 3.8) is 0 Å². The van der Waals surface area contributed by atoms with Gasteiger partial charge in [-0.05, 0) is 38.5 Å². The molecule has 0 aliphatic rings. The summed E-state index contributed by atoms with van der Waals surface area (Å²) >= 11 is 0. The summed E-state index contributed by atoms with van der Waals surface area (Å²) in [6.45, 7) is 4.26. The van der Waals surface area contributed by atoms with Crippen LogP contribution >= 0.6 is 7.82 Å². The Balaban J connectivity index is 4.32. The van der Waals surface area contributed by atoms with Crippen molar-refractivity contribution >= 4 is 19.8 Å². The molecule has 9 nitrogen and oxygen atoms in total. The lowest BCUT2D eigenvalue weighted by molar-refractivity contribution is -0.870. The van der Waals surface area contributed by atoms with Gasteiger partial charge in [0.2, 0.25) is 0 Å². The molecule has 0 radical (unpaired) electrons. The van der Waals surface area contributed by atoms with Crippen molar-refractivity contribution < 1.29 is 42.1 Å². The summed E-state index contributed by atoms with van der Waals surface area (Å²) in [5.74, 6) is -0.828. The van der Waals surface area contributed by atoms with Crippen LogP contribution < -0.4 is 0 Å². The lowest BCUT2D eigenvalue weighted by Gasteiger charge is -2.24. The largest absolute Gasteiger partial charge is 0.472 e. The highest BCUT2D eigenvalue weighted by molar-refractivity contribution is 7.47. The molecule has 0 bridgehead atoms. The summed E-state index contributed by atoms with van der Waals surface area (Å²) < 4.78 is 33.8. The molecule has 0 fully saturated rings. The highest BCUT2D eigenvalue weighted by Gasteiger charge is 2.27. The monoisotopic (exact) mass is 648 g/mol. The average molecular weight is 649 g/mol. The zero-order chi connectivity index (χ0) is 32.9. The summed E-state index contributed by atoms with van der Waals surface area (Å²) in [5, 5.41) is 0. The van der Waals surface area contributed by atoms with E-state index in [1.54, 1.807) is 0 Å². The Morgan fingerprint density at radius 2 is 1.16 bits per heavy atom. The van der Waals surface area contributed by atoms with E-state index in [2.05, 4.69) is 26.0 Å². The third-order valence-corrected chi connectivity index (χ3v) is 8.28. The molecular weight excluding hydrogens is 581 g/mol. The van der Waals surface area contributed by atoms with Gasteiger partial charge in [-0.1, -0.05) is 103 Å². The number of likely N-dealkylation sites (N-methyl/N-ethyl adjacent to an activating group) is 1. The Morgan fingerprint density at radius 1 is 0.682 bits per heavy atom. The number of quaternary nitrogens is 1. The maximum atomic E-state index is 12.5. The van der Waals surface area contributed by atoms with Gasteiger partial charge in [-0.3, -0.25) is 18.6 Å². The van der Waals surface area contributed by atoms with Crippen molar-refractivity contribution in [3.8, 4) is 0 Å². The first-order chi connectivity index (χ1) is 21.0. The van der Waals surface area contributed by atoms with E-state index in [1.165, 1.54) is 51.4 Å². The maximum absolute atomic E-state index is 12.5. The van der Waals surface area contributed by atoms with Gasteiger partial charge in [0.15, 0.2) is 6.10 Å². The summed E-state index contributed by atoms with van der Waals surface area (Å²) in [5.41, 5.74) is 0. The van der Waals surface area contributed by atoms with Crippen LogP contribution in [0.3, 0.4) is 0 Å². The van der Waals surface area contributed by atoms with Crippen LogP contribution in [0.25, 0.3) is 0 Å². The number of hydrogen-bond donors (Lipinski definition) is 1. The fourth-order valence-corrected chi connectivity index (χ4v) is 5.22. The Bertz CT molecular complexity index is 784. The van der Waals surface area contributed by atoms with E-state index in [-0.39, 0.29) is 32.0 Å². The quantitative estimate of drug-likeness (QED) is 0.0262. The Labute approximate surface area is 269 Å². The number of rotatable bonds is 31. The average Bonchev–Trinajstić information content (AvgIpc) is 2.95. The minimum atomic E-state index is -4.35. The number of unbranched alkanes of at least 4 members (excludes halogenated alkanes) is 15. The molecule has 0 aromatic carbocycles. The molecule has 1 N–H and O–H groups in total. The number of allylic oxidation sites excluding steroid dienone is 2. The minimum absolute atomic E-state index is 0.0318. The van der Waals surface area contributed by atoms with E-state index in [4.69, 9.17) is 18.5 Å². The molecule has 0 spiro atoms. The number of carbonyl (C=O) groups excluding carboxylic acids is 2. The fourth-order valence-electron chi connectivity index (χ4n) is 4.48. The molecule has 0 heterocycles. The topological polar surface area (TPSA) is 108 Å². The second-order valence-corrected chi connectivity index (χ2v) is 14.4. The number of hydrogen-bond acceptors (Lipinski definition) is 7. The lowest BCUT2D eigenvalue weighted by atomic mass is 10.1. The predicted molar refractivity (Wildman–Crippen MR) is 178 cm³/mol. The second kappa shape index (κ2) is 28.0. The van der Waals surface area contributed by atoms with Crippen molar-refractivity contribution in [3.05, 3.63) is 12.2 Å². The van der Waals surface area contributed by atoms with Crippen LogP contribution in [-0.4, -0.2) is 74.9 Å². The van der Waals surface area contributed by atoms with E-state index in [0.29, 0.717) is 17.4 Å². The molecule has 10 heteroatoms. The maximum Gasteiger partial charge on any atom is 0.472 e. The number of phosphoric ester groups is 1. The molecule has 260 valence electrons. The normalized spacial score (nSPS) is 14.0. The number of nitrogens with zero attached hydrogens (tertiary/aromatic N) is 1. The van der Waals surface area contributed by atoms with Gasteiger partial charge in [-0.2, -0.15) is 0 Å². The molecule has 0 amide bonds. The van der Waals surface area contributed by atoms with Gasteiger partial charge in [0.05, 0.1) is 27.7 Å². The Hall–Kier alpha value is -1.25. The number of phosphoric acid groups is 1. The summed E-state index contributed by atoms with van der Waals surface area (Å²) in [6.07, 6.45) is 24.6. The van der Waals surface area contributed by atoms with Gasteiger partial charge in [0.1, 0.15) is 19.8 Å². The molecule has 0 aliphatic carbocycles. The summed E-state index contributed by atoms with van der Waals surface area (Å²) in [7, 11) is 1.47. The zero-order valence-corrected chi connectivity index (χ0v) is 29.8. The van der Waals surface area contributed by atoms with Gasteiger partial charge in [-0.15, -0.1) is 0 Å². The van der Waals surface area contributed by atoms with Gasteiger partial charge >= 0.3 is 19.8 Å². The van der Waals surface area contributed by atoms with Crippen LogP contribution in [0.1, 0.15) is 142 Å². The van der Waals surface area contributed by atoms with Crippen molar-refractivity contribution in [2.24, 2.45) is 0 Å². The highest BCUT2D eigenvalue weighted by atomic mass is 31.2. The molecule has 0 aromatic rings. The minimum Gasteiger partial charge on any atom is -0.462 e. The molecule has 0 rings (SSSR count). The van der Waals surface area contributed by atoms with E-state index in [1.807, 2.05) is 21.1 Å². The number of carbonyl (C=O) groups is 2. The van der Waals surface area contributed by atoms with Crippen molar-refractivity contribution in [1.82, 2.24) is 0 Å². The fraction of sp³-hybridized carbons (Fsp3) is 0.882. The molecule has 0 aliphatic heterocycles. The summed E-state index contributed by atoms with van der Waals surface area (Å²) in [6, 6.07) is 0.